The van der Waals surface area contributed by atoms with E-state index in [2.05, 4.69) is 9.88 Å². The quantitative estimate of drug-likeness (QED) is 0.347. The van der Waals surface area contributed by atoms with E-state index in [-0.39, 0.29) is 42.5 Å². The lowest BCUT2D eigenvalue weighted by atomic mass is 9.91. The average molecular weight is 731 g/mol. The highest BCUT2D eigenvalue weighted by molar-refractivity contribution is 7.89. The van der Waals surface area contributed by atoms with Crippen molar-refractivity contribution in [3.05, 3.63) is 59.8 Å². The Balaban J connectivity index is 1.32. The van der Waals surface area contributed by atoms with Gasteiger partial charge in [0, 0.05) is 77.2 Å². The van der Waals surface area contributed by atoms with Gasteiger partial charge in [-0.3, -0.25) is 4.79 Å². The predicted molar refractivity (Wildman–Crippen MR) is 191 cm³/mol. The highest BCUT2D eigenvalue weighted by Crippen LogP contribution is 2.28. The first-order valence-corrected chi connectivity index (χ1v) is 19.1. The molecule has 3 aliphatic heterocycles. The molecule has 15 heteroatoms. The molecule has 0 unspecified atom stereocenters. The zero-order valence-corrected chi connectivity index (χ0v) is 31.0. The van der Waals surface area contributed by atoms with Crippen LogP contribution >= 0.6 is 0 Å². The van der Waals surface area contributed by atoms with Gasteiger partial charge < -0.3 is 33.8 Å². The summed E-state index contributed by atoms with van der Waals surface area (Å²) in [5.41, 5.74) is 1.82. The number of esters is 1. The van der Waals surface area contributed by atoms with Crippen molar-refractivity contribution in [1.82, 2.24) is 23.7 Å². The number of likely N-dealkylation sites (N-methyl/N-ethyl adjacent to an activating group) is 1. The molecule has 3 aliphatic rings. The van der Waals surface area contributed by atoms with E-state index in [1.807, 2.05) is 50.9 Å². The van der Waals surface area contributed by atoms with Crippen LogP contribution in [0, 0.1) is 17.7 Å². The molecule has 13 nitrogen and oxygen atoms in total. The average Bonchev–Trinajstić information content (AvgIpc) is 3.54. The third kappa shape index (κ3) is 9.96. The molecule has 4 heterocycles. The van der Waals surface area contributed by atoms with Gasteiger partial charge in [0.1, 0.15) is 18.0 Å². The molecular weight excluding hydrogens is 679 g/mol. The number of rotatable bonds is 6. The standard InChI is InChI=1S/C36H51FN6O7S/c1-25-6-8-31(44)22-34(45)50-35(26(2)7-9-32(25)49-36(46)42-12-10-39(4)11-13-42)27(3)18-28-19-29(37)21-30(20-28)41-14-16-43(17-15-41)51(47,48)33-23-40(5)24-38-33/h7,9,18-21,23-26,31-32,35,44H,6,8,10-17,22H2,1-5H3/b9-7-,27-18+/t25-,26-,31+,32-,35-/m0/s1. The number of nitrogens with zero attached hydrogens (tertiary/aromatic N) is 6. The molecule has 280 valence electrons. The Morgan fingerprint density at radius 2 is 1.73 bits per heavy atom. The fraction of sp³-hybridized carbons (Fsp3) is 0.583. The van der Waals surface area contributed by atoms with Crippen molar-refractivity contribution in [1.29, 1.82) is 0 Å². The summed E-state index contributed by atoms with van der Waals surface area (Å²) < 4.78 is 56.1. The summed E-state index contributed by atoms with van der Waals surface area (Å²) in [4.78, 5) is 35.9. The Morgan fingerprint density at radius 3 is 2.39 bits per heavy atom. The summed E-state index contributed by atoms with van der Waals surface area (Å²) >= 11 is 0. The number of anilines is 1. The fourth-order valence-electron chi connectivity index (χ4n) is 6.68. The summed E-state index contributed by atoms with van der Waals surface area (Å²) in [7, 11) is -0.0124. The van der Waals surface area contributed by atoms with Crippen LogP contribution in [-0.2, 0) is 31.3 Å². The highest BCUT2D eigenvalue weighted by Gasteiger charge is 2.32. The number of hydrogen-bond acceptors (Lipinski definition) is 10. The largest absolute Gasteiger partial charge is 0.457 e. The Morgan fingerprint density at radius 1 is 1.02 bits per heavy atom. The van der Waals surface area contributed by atoms with Crippen LogP contribution in [0.2, 0.25) is 0 Å². The van der Waals surface area contributed by atoms with Crippen LogP contribution in [0.5, 0.6) is 0 Å². The Kier molecular flexibility index (Phi) is 12.6. The number of aliphatic hydroxyl groups is 1. The smallest absolute Gasteiger partial charge is 0.410 e. The van der Waals surface area contributed by atoms with E-state index in [0.717, 1.165) is 13.1 Å². The Labute approximate surface area is 300 Å². The van der Waals surface area contributed by atoms with Crippen LogP contribution in [0.3, 0.4) is 0 Å². The van der Waals surface area contributed by atoms with Crippen LogP contribution in [0.15, 0.2) is 53.5 Å². The third-order valence-electron chi connectivity index (χ3n) is 9.89. The molecule has 5 rings (SSSR count). The normalized spacial score (nSPS) is 27.3. The van der Waals surface area contributed by atoms with Gasteiger partial charge in [0.25, 0.3) is 10.0 Å². The van der Waals surface area contributed by atoms with Gasteiger partial charge in [0.15, 0.2) is 5.03 Å². The number of aryl methyl sites for hydroxylation is 1. The molecule has 0 radical (unpaired) electrons. The molecule has 51 heavy (non-hydrogen) atoms. The van der Waals surface area contributed by atoms with Crippen molar-refractivity contribution in [3.8, 4) is 0 Å². The molecule has 1 aromatic heterocycles. The van der Waals surface area contributed by atoms with E-state index in [0.29, 0.717) is 55.8 Å². The molecule has 0 saturated carbocycles. The number of amides is 1. The number of carbonyl (C=O) groups excluding carboxylic acids is 2. The van der Waals surface area contributed by atoms with Crippen molar-refractivity contribution in [2.45, 2.75) is 63.4 Å². The second-order valence-electron chi connectivity index (χ2n) is 14.1. The van der Waals surface area contributed by atoms with Gasteiger partial charge in [-0.2, -0.15) is 4.31 Å². The number of imidazole rings is 1. The van der Waals surface area contributed by atoms with Crippen LogP contribution in [0.4, 0.5) is 14.9 Å². The maximum Gasteiger partial charge on any atom is 0.410 e. The molecule has 1 N–H and O–H groups in total. The van der Waals surface area contributed by atoms with Crippen LogP contribution in [0.25, 0.3) is 6.08 Å². The molecule has 0 bridgehead atoms. The topological polar surface area (TPSA) is 138 Å². The third-order valence-corrected chi connectivity index (χ3v) is 11.7. The van der Waals surface area contributed by atoms with Crippen molar-refractivity contribution in [3.63, 3.8) is 0 Å². The van der Waals surface area contributed by atoms with Gasteiger partial charge in [-0.05, 0) is 68.1 Å². The van der Waals surface area contributed by atoms with Gasteiger partial charge in [0.05, 0.1) is 18.9 Å². The minimum absolute atomic E-state index is 0.00481. The zero-order valence-electron chi connectivity index (χ0n) is 30.1. The fourth-order valence-corrected chi connectivity index (χ4v) is 8.07. The molecule has 0 aliphatic carbocycles. The van der Waals surface area contributed by atoms with E-state index in [1.165, 1.54) is 29.0 Å². The van der Waals surface area contributed by atoms with Crippen LogP contribution < -0.4 is 4.90 Å². The SMILES string of the molecule is C/C(=C\c1cc(F)cc(N2CCN(S(=O)(=O)c3cn(C)cn3)CC2)c1)[C@H]1OC(=O)C[C@H](O)CC[C@H](C)[C@@H](OC(=O)N2CCN(C)CC2)/C=C\[C@@H]1C. The molecule has 1 aromatic carbocycles. The molecular formula is C36H51FN6O7S. The number of cyclic esters (lactones) is 1. The summed E-state index contributed by atoms with van der Waals surface area (Å²) in [6.45, 7) is 9.55. The van der Waals surface area contributed by atoms with Crippen molar-refractivity contribution in [2.24, 2.45) is 18.9 Å². The molecule has 2 saturated heterocycles. The van der Waals surface area contributed by atoms with Crippen molar-refractivity contribution >= 4 is 33.8 Å². The van der Waals surface area contributed by atoms with Crippen molar-refractivity contribution in [2.75, 3.05) is 64.3 Å². The predicted octanol–water partition coefficient (Wildman–Crippen LogP) is 3.51. The number of halogens is 1. The number of benzene rings is 1. The van der Waals surface area contributed by atoms with E-state index in [9.17, 15) is 23.1 Å². The Hall–Kier alpha value is -3.79. The van der Waals surface area contributed by atoms with E-state index in [1.54, 1.807) is 22.6 Å². The number of ether oxygens (including phenoxy) is 2. The lowest BCUT2D eigenvalue weighted by Gasteiger charge is -2.35. The number of sulfonamides is 1. The monoisotopic (exact) mass is 730 g/mol. The number of aliphatic hydroxyl groups excluding tert-OH is 1. The zero-order chi connectivity index (χ0) is 36.9. The summed E-state index contributed by atoms with van der Waals surface area (Å²) in [5.74, 6) is -1.44. The molecule has 2 fully saturated rings. The van der Waals surface area contributed by atoms with Gasteiger partial charge >= 0.3 is 12.1 Å². The van der Waals surface area contributed by atoms with Crippen LogP contribution in [-0.4, -0.2) is 127 Å². The number of carbonyl (C=O) groups is 2. The van der Waals surface area contributed by atoms with E-state index in [4.69, 9.17) is 9.47 Å². The van der Waals surface area contributed by atoms with E-state index < -0.39 is 40.1 Å². The number of piperazine rings is 2. The summed E-state index contributed by atoms with van der Waals surface area (Å²) in [5, 5.41) is 10.7. The second kappa shape index (κ2) is 16.7. The summed E-state index contributed by atoms with van der Waals surface area (Å²) in [6.07, 6.45) is 6.57. The van der Waals surface area contributed by atoms with Gasteiger partial charge in [-0.15, -0.1) is 0 Å². The molecule has 2 aromatic rings. The molecule has 0 spiro atoms. The lowest BCUT2D eigenvalue weighted by Crippen LogP contribution is -2.48. The minimum Gasteiger partial charge on any atom is -0.457 e. The number of aromatic nitrogens is 2. The first-order valence-electron chi connectivity index (χ1n) is 17.6. The van der Waals surface area contributed by atoms with E-state index >= 15 is 4.39 Å². The lowest BCUT2D eigenvalue weighted by molar-refractivity contribution is -0.151. The van der Waals surface area contributed by atoms with Crippen molar-refractivity contribution < 1.29 is 37.0 Å². The first-order chi connectivity index (χ1) is 24.2. The van der Waals surface area contributed by atoms with Gasteiger partial charge in [-0.25, -0.2) is 22.6 Å². The molecule has 1 amide bonds. The Bertz CT molecular complexity index is 1700. The first kappa shape index (κ1) is 38.4. The summed E-state index contributed by atoms with van der Waals surface area (Å²) in [6, 6.07) is 4.64. The second-order valence-corrected chi connectivity index (χ2v) is 16.0. The van der Waals surface area contributed by atoms with Gasteiger partial charge in [-0.1, -0.05) is 26.0 Å². The molecule has 5 atom stereocenters. The maximum atomic E-state index is 15.0. The van der Waals surface area contributed by atoms with Crippen LogP contribution in [0.1, 0.15) is 45.6 Å². The maximum absolute atomic E-state index is 15.0. The van der Waals surface area contributed by atoms with Gasteiger partial charge in [0.2, 0.25) is 0 Å². The minimum atomic E-state index is -3.74. The highest BCUT2D eigenvalue weighted by atomic mass is 32.2. The number of hydrogen-bond donors (Lipinski definition) is 1.